The van der Waals surface area contributed by atoms with Crippen LogP contribution in [0.15, 0.2) is 23.2 Å². The Labute approximate surface area is 158 Å². The summed E-state index contributed by atoms with van der Waals surface area (Å²) >= 11 is 0. The third kappa shape index (κ3) is 6.30. The molecule has 2 N–H and O–H groups in total. The zero-order valence-electron chi connectivity index (χ0n) is 15.0. The summed E-state index contributed by atoms with van der Waals surface area (Å²) in [4.78, 5) is 6.66. The van der Waals surface area contributed by atoms with Gasteiger partial charge in [-0.25, -0.2) is 0 Å². The summed E-state index contributed by atoms with van der Waals surface area (Å²) in [5.41, 5.74) is 3.95. The molecule has 4 nitrogen and oxygen atoms in total. The lowest BCUT2D eigenvalue weighted by Gasteiger charge is -2.25. The summed E-state index contributed by atoms with van der Waals surface area (Å²) < 4.78 is 0. The maximum absolute atomic E-state index is 4.34. The van der Waals surface area contributed by atoms with Gasteiger partial charge in [0.2, 0.25) is 0 Å². The molecule has 0 spiro atoms. The highest BCUT2D eigenvalue weighted by Gasteiger charge is 2.32. The quantitative estimate of drug-likeness (QED) is 0.414. The average Bonchev–Trinajstić information content (AvgIpc) is 3.28. The Balaban J connectivity index is 0.00000264. The number of nitrogens with zero attached hydrogens (tertiary/aromatic N) is 2. The number of guanidine groups is 1. The van der Waals surface area contributed by atoms with Crippen molar-refractivity contribution in [1.82, 2.24) is 15.5 Å². The van der Waals surface area contributed by atoms with E-state index in [1.807, 2.05) is 7.05 Å². The minimum Gasteiger partial charge on any atom is -0.355 e. The van der Waals surface area contributed by atoms with E-state index in [2.05, 4.69) is 66.7 Å². The SMILES string of the molecule is CN=C(NCc1ccc(C)cc1C)NCC(C1CC1)N(C)C.I. The number of aliphatic imine (C=N–C) groups is 1. The molecule has 1 fully saturated rings. The fraction of sp³-hybridized carbons (Fsp3) is 0.611. The van der Waals surface area contributed by atoms with Crippen LogP contribution in [0.2, 0.25) is 0 Å². The second-order valence-electron chi connectivity index (χ2n) is 6.60. The molecule has 2 rings (SSSR count). The van der Waals surface area contributed by atoms with Crippen molar-refractivity contribution in [3.8, 4) is 0 Å². The Morgan fingerprint density at radius 1 is 1.26 bits per heavy atom. The van der Waals surface area contributed by atoms with Crippen LogP contribution in [0.3, 0.4) is 0 Å². The van der Waals surface area contributed by atoms with Crippen LogP contribution in [0, 0.1) is 19.8 Å². The molecule has 1 aromatic carbocycles. The Morgan fingerprint density at radius 2 is 1.96 bits per heavy atom. The zero-order chi connectivity index (χ0) is 16.1. The van der Waals surface area contributed by atoms with Gasteiger partial charge in [-0.05, 0) is 57.8 Å². The monoisotopic (exact) mass is 430 g/mol. The van der Waals surface area contributed by atoms with Crippen molar-refractivity contribution in [1.29, 1.82) is 0 Å². The molecule has 0 heterocycles. The highest BCUT2D eigenvalue weighted by molar-refractivity contribution is 14.0. The molecule has 0 saturated heterocycles. The molecule has 1 aromatic rings. The lowest BCUT2D eigenvalue weighted by molar-refractivity contribution is 0.264. The van der Waals surface area contributed by atoms with Gasteiger partial charge in [0.1, 0.15) is 0 Å². The highest BCUT2D eigenvalue weighted by atomic mass is 127. The number of benzene rings is 1. The van der Waals surface area contributed by atoms with Crippen LogP contribution >= 0.6 is 24.0 Å². The Hall–Kier alpha value is -0.820. The minimum atomic E-state index is 0. The maximum atomic E-state index is 4.34. The van der Waals surface area contributed by atoms with E-state index in [0.29, 0.717) is 6.04 Å². The molecule has 1 unspecified atom stereocenters. The summed E-state index contributed by atoms with van der Waals surface area (Å²) in [6, 6.07) is 7.18. The first-order valence-corrected chi connectivity index (χ1v) is 8.18. The third-order valence-electron chi connectivity index (χ3n) is 4.48. The molecule has 0 bridgehead atoms. The van der Waals surface area contributed by atoms with Gasteiger partial charge in [-0.3, -0.25) is 4.99 Å². The van der Waals surface area contributed by atoms with Crippen molar-refractivity contribution in [2.75, 3.05) is 27.7 Å². The molecule has 1 atom stereocenters. The third-order valence-corrected chi connectivity index (χ3v) is 4.48. The van der Waals surface area contributed by atoms with Gasteiger partial charge in [0.15, 0.2) is 5.96 Å². The van der Waals surface area contributed by atoms with Crippen LogP contribution in [0.4, 0.5) is 0 Å². The van der Waals surface area contributed by atoms with Crippen molar-refractivity contribution < 1.29 is 0 Å². The Bertz CT molecular complexity index is 522. The molecule has 0 radical (unpaired) electrons. The molecule has 1 saturated carbocycles. The number of likely N-dealkylation sites (N-methyl/N-ethyl adjacent to an activating group) is 1. The summed E-state index contributed by atoms with van der Waals surface area (Å²) in [6.07, 6.45) is 2.72. The van der Waals surface area contributed by atoms with Crippen LogP contribution in [0.25, 0.3) is 0 Å². The second-order valence-corrected chi connectivity index (χ2v) is 6.60. The molecule has 23 heavy (non-hydrogen) atoms. The normalized spacial score (nSPS) is 16.0. The fourth-order valence-corrected chi connectivity index (χ4v) is 2.90. The van der Waals surface area contributed by atoms with Crippen LogP contribution in [-0.2, 0) is 6.54 Å². The van der Waals surface area contributed by atoms with E-state index in [9.17, 15) is 0 Å². The van der Waals surface area contributed by atoms with Crippen LogP contribution < -0.4 is 10.6 Å². The topological polar surface area (TPSA) is 39.7 Å². The van der Waals surface area contributed by atoms with E-state index in [1.165, 1.54) is 29.5 Å². The van der Waals surface area contributed by atoms with Gasteiger partial charge in [0, 0.05) is 26.2 Å². The first kappa shape index (κ1) is 20.2. The number of halogens is 1. The van der Waals surface area contributed by atoms with Crippen molar-refractivity contribution in [3.05, 3.63) is 34.9 Å². The smallest absolute Gasteiger partial charge is 0.191 e. The number of hydrogen-bond acceptors (Lipinski definition) is 2. The predicted molar refractivity (Wildman–Crippen MR) is 110 cm³/mol. The minimum absolute atomic E-state index is 0. The summed E-state index contributed by atoms with van der Waals surface area (Å²) in [5, 5.41) is 6.89. The van der Waals surface area contributed by atoms with Crippen molar-refractivity contribution in [2.45, 2.75) is 39.3 Å². The van der Waals surface area contributed by atoms with Gasteiger partial charge in [0.05, 0.1) is 0 Å². The summed E-state index contributed by atoms with van der Waals surface area (Å²) in [7, 11) is 6.16. The van der Waals surface area contributed by atoms with E-state index < -0.39 is 0 Å². The second kappa shape index (κ2) is 9.47. The zero-order valence-corrected chi connectivity index (χ0v) is 17.3. The summed E-state index contributed by atoms with van der Waals surface area (Å²) in [6.45, 7) is 6.05. The highest BCUT2D eigenvalue weighted by Crippen LogP contribution is 2.34. The van der Waals surface area contributed by atoms with E-state index in [-0.39, 0.29) is 24.0 Å². The molecule has 5 heteroatoms. The van der Waals surface area contributed by atoms with Crippen LogP contribution in [0.5, 0.6) is 0 Å². The number of nitrogens with one attached hydrogen (secondary N) is 2. The van der Waals surface area contributed by atoms with E-state index >= 15 is 0 Å². The largest absolute Gasteiger partial charge is 0.355 e. The lowest BCUT2D eigenvalue weighted by atomic mass is 10.1. The molecule has 0 aromatic heterocycles. The number of hydrogen-bond donors (Lipinski definition) is 2. The number of aryl methyl sites for hydroxylation is 2. The van der Waals surface area contributed by atoms with Crippen molar-refractivity contribution >= 4 is 29.9 Å². The molecule has 0 amide bonds. The standard InChI is InChI=1S/C18H30N4.HI/c1-13-6-7-16(14(2)10-13)11-20-18(19-3)21-12-17(22(4)5)15-8-9-15;/h6-7,10,15,17H,8-9,11-12H2,1-5H3,(H2,19,20,21);1H. The van der Waals surface area contributed by atoms with Gasteiger partial charge in [-0.1, -0.05) is 23.8 Å². The van der Waals surface area contributed by atoms with Gasteiger partial charge >= 0.3 is 0 Å². The van der Waals surface area contributed by atoms with Gasteiger partial charge in [-0.2, -0.15) is 0 Å². The first-order valence-electron chi connectivity index (χ1n) is 8.18. The molecule has 130 valence electrons. The van der Waals surface area contributed by atoms with Crippen molar-refractivity contribution in [3.63, 3.8) is 0 Å². The Kier molecular flexibility index (Phi) is 8.33. The molecule has 0 aliphatic heterocycles. The van der Waals surface area contributed by atoms with Crippen LogP contribution in [-0.4, -0.2) is 44.6 Å². The van der Waals surface area contributed by atoms with E-state index in [1.54, 1.807) is 0 Å². The van der Waals surface area contributed by atoms with Crippen LogP contribution in [0.1, 0.15) is 29.5 Å². The molecule has 1 aliphatic rings. The molecule has 1 aliphatic carbocycles. The van der Waals surface area contributed by atoms with E-state index in [4.69, 9.17) is 0 Å². The fourth-order valence-electron chi connectivity index (χ4n) is 2.90. The number of rotatable bonds is 6. The van der Waals surface area contributed by atoms with Gasteiger partial charge in [0.25, 0.3) is 0 Å². The Morgan fingerprint density at radius 3 is 2.48 bits per heavy atom. The first-order chi connectivity index (χ1) is 10.5. The summed E-state index contributed by atoms with van der Waals surface area (Å²) in [5.74, 6) is 1.73. The maximum Gasteiger partial charge on any atom is 0.191 e. The lowest BCUT2D eigenvalue weighted by Crippen LogP contribution is -2.45. The van der Waals surface area contributed by atoms with Gasteiger partial charge < -0.3 is 15.5 Å². The van der Waals surface area contributed by atoms with Gasteiger partial charge in [-0.15, -0.1) is 24.0 Å². The van der Waals surface area contributed by atoms with E-state index in [0.717, 1.165) is 25.0 Å². The average molecular weight is 430 g/mol. The molecular formula is C18H31IN4. The predicted octanol–water partition coefficient (Wildman–Crippen LogP) is 2.93. The molecular weight excluding hydrogens is 399 g/mol. The van der Waals surface area contributed by atoms with Crippen molar-refractivity contribution in [2.24, 2.45) is 10.9 Å².